The smallest absolute Gasteiger partial charge is 0.231 e. The summed E-state index contributed by atoms with van der Waals surface area (Å²) in [7, 11) is 0. The van der Waals surface area contributed by atoms with E-state index >= 15 is 0 Å². The van der Waals surface area contributed by atoms with Crippen molar-refractivity contribution in [3.8, 4) is 17.2 Å². The molecule has 2 atom stereocenters. The van der Waals surface area contributed by atoms with Gasteiger partial charge in [-0.1, -0.05) is 0 Å². The maximum atomic E-state index is 9.54. The Morgan fingerprint density at radius 2 is 2.06 bits per heavy atom. The number of hydrogen-bond acceptors (Lipinski definition) is 5. The quantitative estimate of drug-likeness (QED) is 0.795. The van der Waals surface area contributed by atoms with E-state index in [9.17, 15) is 5.11 Å². The second-order valence-electron chi connectivity index (χ2n) is 3.78. The standard InChI is InChI=1S/C11H12O5/c12-8-4-13-5-11(8)16-7-1-2-9-10(3-7)15-6-14-9/h1-3,8,11-12H,4-6H2/t8-,11-/m0/s1. The van der Waals surface area contributed by atoms with Gasteiger partial charge in [-0.3, -0.25) is 0 Å². The average Bonchev–Trinajstić information content (AvgIpc) is 2.88. The van der Waals surface area contributed by atoms with Crippen LogP contribution in [0.4, 0.5) is 0 Å². The first-order chi connectivity index (χ1) is 7.83. The van der Waals surface area contributed by atoms with Crippen LogP contribution in [0, 0.1) is 0 Å². The number of aliphatic hydroxyl groups is 1. The van der Waals surface area contributed by atoms with Crippen LogP contribution in [-0.2, 0) is 4.74 Å². The van der Waals surface area contributed by atoms with Gasteiger partial charge in [-0.05, 0) is 12.1 Å². The molecule has 0 aromatic heterocycles. The van der Waals surface area contributed by atoms with E-state index in [1.807, 2.05) is 0 Å². The van der Waals surface area contributed by atoms with Crippen molar-refractivity contribution in [2.75, 3.05) is 20.0 Å². The summed E-state index contributed by atoms with van der Waals surface area (Å²) in [4.78, 5) is 0. The molecule has 0 saturated carbocycles. The molecule has 1 N–H and O–H groups in total. The van der Waals surface area contributed by atoms with Crippen molar-refractivity contribution in [1.29, 1.82) is 0 Å². The van der Waals surface area contributed by atoms with Gasteiger partial charge in [0.25, 0.3) is 0 Å². The number of rotatable bonds is 2. The summed E-state index contributed by atoms with van der Waals surface area (Å²) >= 11 is 0. The first-order valence-electron chi connectivity index (χ1n) is 5.15. The van der Waals surface area contributed by atoms with E-state index in [1.54, 1.807) is 18.2 Å². The second kappa shape index (κ2) is 3.84. The highest BCUT2D eigenvalue weighted by atomic mass is 16.7. The predicted octanol–water partition coefficient (Wildman–Crippen LogP) is 0.554. The number of aliphatic hydroxyl groups excluding tert-OH is 1. The first kappa shape index (κ1) is 9.74. The summed E-state index contributed by atoms with van der Waals surface area (Å²) in [6.45, 7) is 0.985. The van der Waals surface area contributed by atoms with Crippen LogP contribution in [0.3, 0.4) is 0 Å². The van der Waals surface area contributed by atoms with Crippen LogP contribution in [0.5, 0.6) is 17.2 Å². The van der Waals surface area contributed by atoms with Crippen LogP contribution in [0.1, 0.15) is 0 Å². The SMILES string of the molecule is O[C@H]1COC[C@@H]1Oc1ccc2c(c1)OCO2. The molecule has 0 unspecified atom stereocenters. The number of benzene rings is 1. The molecule has 2 heterocycles. The van der Waals surface area contributed by atoms with Crippen LogP contribution in [0.25, 0.3) is 0 Å². The van der Waals surface area contributed by atoms with Gasteiger partial charge in [0.05, 0.1) is 13.2 Å². The Labute approximate surface area is 92.5 Å². The molecule has 1 fully saturated rings. The van der Waals surface area contributed by atoms with Crippen molar-refractivity contribution in [2.45, 2.75) is 12.2 Å². The maximum Gasteiger partial charge on any atom is 0.231 e. The van der Waals surface area contributed by atoms with E-state index in [0.29, 0.717) is 24.7 Å². The molecule has 0 bridgehead atoms. The molecule has 1 aromatic carbocycles. The summed E-state index contributed by atoms with van der Waals surface area (Å²) in [6.07, 6.45) is -0.870. The van der Waals surface area contributed by atoms with Gasteiger partial charge in [0.15, 0.2) is 11.5 Å². The van der Waals surface area contributed by atoms with Crippen molar-refractivity contribution in [3.05, 3.63) is 18.2 Å². The zero-order valence-corrected chi connectivity index (χ0v) is 8.59. The summed E-state index contributed by atoms with van der Waals surface area (Å²) in [5, 5.41) is 9.54. The molecule has 0 amide bonds. The molecule has 5 nitrogen and oxygen atoms in total. The Kier molecular flexibility index (Phi) is 2.34. The molecule has 2 aliphatic heterocycles. The Morgan fingerprint density at radius 1 is 1.19 bits per heavy atom. The van der Waals surface area contributed by atoms with Crippen LogP contribution < -0.4 is 14.2 Å². The van der Waals surface area contributed by atoms with E-state index in [2.05, 4.69) is 0 Å². The van der Waals surface area contributed by atoms with Crippen LogP contribution in [0.2, 0.25) is 0 Å². The second-order valence-corrected chi connectivity index (χ2v) is 3.78. The lowest BCUT2D eigenvalue weighted by Gasteiger charge is -2.15. The van der Waals surface area contributed by atoms with Gasteiger partial charge < -0.3 is 24.1 Å². The zero-order chi connectivity index (χ0) is 11.0. The van der Waals surface area contributed by atoms with Gasteiger partial charge >= 0.3 is 0 Å². The highest BCUT2D eigenvalue weighted by Gasteiger charge is 2.28. The minimum atomic E-state index is -0.564. The van der Waals surface area contributed by atoms with Crippen LogP contribution in [0.15, 0.2) is 18.2 Å². The molecular weight excluding hydrogens is 212 g/mol. The van der Waals surface area contributed by atoms with Gasteiger partial charge in [-0.15, -0.1) is 0 Å². The third-order valence-corrected chi connectivity index (χ3v) is 2.63. The van der Waals surface area contributed by atoms with Crippen molar-refractivity contribution in [1.82, 2.24) is 0 Å². The Balaban J connectivity index is 1.75. The van der Waals surface area contributed by atoms with E-state index < -0.39 is 6.10 Å². The first-order valence-corrected chi connectivity index (χ1v) is 5.15. The molecule has 2 aliphatic rings. The fourth-order valence-electron chi connectivity index (χ4n) is 1.76. The summed E-state index contributed by atoms with van der Waals surface area (Å²) < 4.78 is 21.1. The summed E-state index contributed by atoms with van der Waals surface area (Å²) in [6, 6.07) is 5.34. The van der Waals surface area contributed by atoms with Crippen LogP contribution in [-0.4, -0.2) is 37.3 Å². The summed E-state index contributed by atoms with van der Waals surface area (Å²) in [5.41, 5.74) is 0. The van der Waals surface area contributed by atoms with Crippen molar-refractivity contribution >= 4 is 0 Å². The zero-order valence-electron chi connectivity index (χ0n) is 8.59. The van der Waals surface area contributed by atoms with E-state index in [0.717, 1.165) is 5.75 Å². The lowest BCUT2D eigenvalue weighted by Crippen LogP contribution is -2.29. The molecule has 86 valence electrons. The lowest BCUT2D eigenvalue weighted by molar-refractivity contribution is 0.0732. The third-order valence-electron chi connectivity index (χ3n) is 2.63. The Bertz CT molecular complexity index is 392. The molecule has 1 aromatic rings. The topological polar surface area (TPSA) is 57.2 Å². The highest BCUT2D eigenvalue weighted by molar-refractivity contribution is 5.46. The molecule has 0 aliphatic carbocycles. The van der Waals surface area contributed by atoms with Gasteiger partial charge in [0.2, 0.25) is 6.79 Å². The van der Waals surface area contributed by atoms with E-state index in [-0.39, 0.29) is 12.9 Å². The molecular formula is C11H12O5. The molecule has 1 saturated heterocycles. The van der Waals surface area contributed by atoms with Gasteiger partial charge in [-0.25, -0.2) is 0 Å². The van der Waals surface area contributed by atoms with E-state index in [4.69, 9.17) is 18.9 Å². The Morgan fingerprint density at radius 3 is 2.88 bits per heavy atom. The molecule has 16 heavy (non-hydrogen) atoms. The minimum Gasteiger partial charge on any atom is -0.485 e. The fourth-order valence-corrected chi connectivity index (χ4v) is 1.76. The molecule has 0 radical (unpaired) electrons. The van der Waals surface area contributed by atoms with Crippen molar-refractivity contribution in [2.24, 2.45) is 0 Å². The predicted molar refractivity (Wildman–Crippen MR) is 53.8 cm³/mol. The molecule has 3 rings (SSSR count). The van der Waals surface area contributed by atoms with Crippen molar-refractivity contribution < 1.29 is 24.1 Å². The van der Waals surface area contributed by atoms with Gasteiger partial charge in [-0.2, -0.15) is 0 Å². The number of ether oxygens (including phenoxy) is 4. The number of fused-ring (bicyclic) bond motifs is 1. The lowest BCUT2D eigenvalue weighted by atomic mass is 10.2. The maximum absolute atomic E-state index is 9.54. The van der Waals surface area contributed by atoms with Gasteiger partial charge in [0.1, 0.15) is 18.0 Å². The summed E-state index contributed by atoms with van der Waals surface area (Å²) in [5.74, 6) is 2.04. The molecule has 5 heteroatoms. The minimum absolute atomic E-state index is 0.244. The van der Waals surface area contributed by atoms with Crippen molar-refractivity contribution in [3.63, 3.8) is 0 Å². The largest absolute Gasteiger partial charge is 0.485 e. The Hall–Kier alpha value is -1.46. The molecule has 0 spiro atoms. The van der Waals surface area contributed by atoms with Crippen LogP contribution >= 0.6 is 0 Å². The normalized spacial score (nSPS) is 27.1. The fraction of sp³-hybridized carbons (Fsp3) is 0.455. The van der Waals surface area contributed by atoms with E-state index in [1.165, 1.54) is 0 Å². The monoisotopic (exact) mass is 224 g/mol. The third kappa shape index (κ3) is 1.68. The average molecular weight is 224 g/mol. The number of hydrogen-bond donors (Lipinski definition) is 1. The van der Waals surface area contributed by atoms with Gasteiger partial charge in [0, 0.05) is 6.07 Å². The highest BCUT2D eigenvalue weighted by Crippen LogP contribution is 2.35.